The van der Waals surface area contributed by atoms with Crippen LogP contribution in [-0.2, 0) is 17.8 Å². The van der Waals surface area contributed by atoms with E-state index in [1.54, 1.807) is 7.11 Å². The predicted octanol–water partition coefficient (Wildman–Crippen LogP) is 4.61. The number of rotatable bonds is 8. The predicted molar refractivity (Wildman–Crippen MR) is 139 cm³/mol. The second kappa shape index (κ2) is 12.2. The van der Waals surface area contributed by atoms with E-state index in [9.17, 15) is 9.59 Å². The Bertz CT molecular complexity index is 1100. The van der Waals surface area contributed by atoms with Gasteiger partial charge in [0, 0.05) is 50.4 Å². The Kier molecular flexibility index (Phi) is 8.52. The highest BCUT2D eigenvalue weighted by Crippen LogP contribution is 2.15. The lowest BCUT2D eigenvalue weighted by atomic mass is 10.1. The fourth-order valence-corrected chi connectivity index (χ4v) is 4.32. The van der Waals surface area contributed by atoms with Gasteiger partial charge in [-0.2, -0.15) is 0 Å². The number of methoxy groups -OCH3 is 1. The molecule has 0 spiro atoms. The topological polar surface area (TPSA) is 61.9 Å². The van der Waals surface area contributed by atoms with Crippen molar-refractivity contribution in [3.63, 3.8) is 0 Å². The first-order valence-electron chi connectivity index (χ1n) is 12.2. The number of para-hydroxylation sites is 1. The van der Waals surface area contributed by atoms with Crippen LogP contribution < -0.4 is 10.1 Å². The normalized spacial score (nSPS) is 14.3. The number of nitrogens with zero attached hydrogens (tertiary/aromatic N) is 2. The molecule has 182 valence electrons. The lowest BCUT2D eigenvalue weighted by Gasteiger charge is -2.22. The minimum absolute atomic E-state index is 0.110. The second-order valence-corrected chi connectivity index (χ2v) is 8.88. The molecule has 6 nitrogen and oxygen atoms in total. The van der Waals surface area contributed by atoms with Gasteiger partial charge in [-0.05, 0) is 60.4 Å². The molecule has 0 aromatic heterocycles. The van der Waals surface area contributed by atoms with Crippen LogP contribution in [0.2, 0.25) is 0 Å². The fraction of sp³-hybridized carbons (Fsp3) is 0.310. The van der Waals surface area contributed by atoms with Gasteiger partial charge in [-0.1, -0.05) is 42.5 Å². The summed E-state index contributed by atoms with van der Waals surface area (Å²) in [5.41, 5.74) is 3.74. The Morgan fingerprint density at radius 1 is 0.829 bits per heavy atom. The molecule has 1 heterocycles. The smallest absolute Gasteiger partial charge is 0.255 e. The molecule has 2 amide bonds. The van der Waals surface area contributed by atoms with E-state index in [1.807, 2.05) is 83.8 Å². The SMILES string of the molecule is COc1ccc(CCC(=O)N2CCCN(Cc3ccc(C(=O)Nc4ccccc4)cc3)CC2)cc1. The number of carbonyl (C=O) groups excluding carboxylic acids is 2. The average Bonchev–Trinajstić information content (AvgIpc) is 3.14. The Labute approximate surface area is 207 Å². The summed E-state index contributed by atoms with van der Waals surface area (Å²) < 4.78 is 5.20. The summed E-state index contributed by atoms with van der Waals surface area (Å²) in [5.74, 6) is 0.940. The molecule has 0 aliphatic carbocycles. The third kappa shape index (κ3) is 7.17. The summed E-state index contributed by atoms with van der Waals surface area (Å²) in [6.45, 7) is 4.17. The maximum Gasteiger partial charge on any atom is 0.255 e. The number of aryl methyl sites for hydroxylation is 1. The molecule has 1 fully saturated rings. The van der Waals surface area contributed by atoms with Crippen LogP contribution in [0.25, 0.3) is 0 Å². The standard InChI is InChI=1S/C29H33N3O3/c1-35-27-15-10-23(11-16-27)12-17-28(33)32-19-5-18-31(20-21-32)22-24-8-13-25(14-9-24)29(34)30-26-6-3-2-4-7-26/h2-4,6-11,13-16H,5,12,17-22H2,1H3,(H,30,34). The van der Waals surface area contributed by atoms with Gasteiger partial charge in [-0.15, -0.1) is 0 Å². The summed E-state index contributed by atoms with van der Waals surface area (Å²) in [7, 11) is 1.65. The Hall–Kier alpha value is -3.64. The molecule has 3 aromatic rings. The lowest BCUT2D eigenvalue weighted by molar-refractivity contribution is -0.131. The van der Waals surface area contributed by atoms with Gasteiger partial charge in [-0.25, -0.2) is 0 Å². The number of carbonyl (C=O) groups is 2. The van der Waals surface area contributed by atoms with Crippen molar-refractivity contribution < 1.29 is 14.3 Å². The van der Waals surface area contributed by atoms with Crippen LogP contribution in [0.3, 0.4) is 0 Å². The number of benzene rings is 3. The highest BCUT2D eigenvalue weighted by molar-refractivity contribution is 6.04. The van der Waals surface area contributed by atoms with E-state index < -0.39 is 0 Å². The number of anilines is 1. The van der Waals surface area contributed by atoms with Crippen LogP contribution in [0.15, 0.2) is 78.9 Å². The third-order valence-electron chi connectivity index (χ3n) is 6.38. The van der Waals surface area contributed by atoms with Crippen molar-refractivity contribution in [3.05, 3.63) is 95.6 Å². The number of amides is 2. The first kappa shape index (κ1) is 24.5. The Morgan fingerprint density at radius 2 is 1.54 bits per heavy atom. The van der Waals surface area contributed by atoms with Gasteiger partial charge in [0.25, 0.3) is 5.91 Å². The van der Waals surface area contributed by atoms with Crippen LogP contribution in [-0.4, -0.2) is 54.9 Å². The van der Waals surface area contributed by atoms with Crippen LogP contribution in [0.1, 0.15) is 34.3 Å². The van der Waals surface area contributed by atoms with E-state index >= 15 is 0 Å². The monoisotopic (exact) mass is 471 g/mol. The summed E-state index contributed by atoms with van der Waals surface area (Å²) in [5, 5.41) is 2.92. The van der Waals surface area contributed by atoms with Crippen molar-refractivity contribution in [2.75, 3.05) is 38.6 Å². The molecule has 0 unspecified atom stereocenters. The molecule has 0 radical (unpaired) electrons. The quantitative estimate of drug-likeness (QED) is 0.521. The van der Waals surface area contributed by atoms with Crippen LogP contribution in [0.4, 0.5) is 5.69 Å². The largest absolute Gasteiger partial charge is 0.497 e. The minimum atomic E-state index is -0.110. The van der Waals surface area contributed by atoms with Gasteiger partial charge in [0.2, 0.25) is 5.91 Å². The Balaban J connectivity index is 1.23. The lowest BCUT2D eigenvalue weighted by Crippen LogP contribution is -2.35. The molecule has 1 saturated heterocycles. The van der Waals surface area contributed by atoms with Crippen molar-refractivity contribution in [1.82, 2.24) is 9.80 Å². The van der Waals surface area contributed by atoms with Crippen molar-refractivity contribution in [1.29, 1.82) is 0 Å². The molecular formula is C29H33N3O3. The van der Waals surface area contributed by atoms with Crippen LogP contribution in [0, 0.1) is 0 Å². The van der Waals surface area contributed by atoms with E-state index in [2.05, 4.69) is 10.2 Å². The maximum atomic E-state index is 12.8. The van der Waals surface area contributed by atoms with E-state index in [-0.39, 0.29) is 11.8 Å². The second-order valence-electron chi connectivity index (χ2n) is 8.88. The van der Waals surface area contributed by atoms with Gasteiger partial charge in [0.15, 0.2) is 0 Å². The van der Waals surface area contributed by atoms with Gasteiger partial charge < -0.3 is 15.0 Å². The molecule has 6 heteroatoms. The average molecular weight is 472 g/mol. The van der Waals surface area contributed by atoms with Crippen molar-refractivity contribution in [2.24, 2.45) is 0 Å². The molecule has 0 bridgehead atoms. The van der Waals surface area contributed by atoms with Gasteiger partial charge >= 0.3 is 0 Å². The first-order chi connectivity index (χ1) is 17.1. The number of ether oxygens (including phenoxy) is 1. The van der Waals surface area contributed by atoms with Crippen molar-refractivity contribution in [3.8, 4) is 5.75 Å². The molecule has 35 heavy (non-hydrogen) atoms. The zero-order valence-corrected chi connectivity index (χ0v) is 20.3. The summed E-state index contributed by atoms with van der Waals surface area (Å²) in [6, 6.07) is 25.2. The molecule has 1 N–H and O–H groups in total. The molecule has 0 atom stereocenters. The third-order valence-corrected chi connectivity index (χ3v) is 6.38. The minimum Gasteiger partial charge on any atom is -0.497 e. The maximum absolute atomic E-state index is 12.8. The van der Waals surface area contributed by atoms with Gasteiger partial charge in [-0.3, -0.25) is 14.5 Å². The molecule has 4 rings (SSSR count). The number of hydrogen-bond donors (Lipinski definition) is 1. The van der Waals surface area contributed by atoms with Crippen molar-refractivity contribution >= 4 is 17.5 Å². The fourth-order valence-electron chi connectivity index (χ4n) is 4.32. The molecule has 1 aliphatic rings. The highest BCUT2D eigenvalue weighted by Gasteiger charge is 2.19. The van der Waals surface area contributed by atoms with Gasteiger partial charge in [0.1, 0.15) is 5.75 Å². The van der Waals surface area contributed by atoms with Crippen molar-refractivity contribution in [2.45, 2.75) is 25.8 Å². The van der Waals surface area contributed by atoms with E-state index in [0.29, 0.717) is 12.0 Å². The van der Waals surface area contributed by atoms with E-state index in [1.165, 1.54) is 5.56 Å². The van der Waals surface area contributed by atoms with Gasteiger partial charge in [0.05, 0.1) is 7.11 Å². The van der Waals surface area contributed by atoms with E-state index in [0.717, 1.165) is 62.6 Å². The Morgan fingerprint density at radius 3 is 2.26 bits per heavy atom. The molecule has 1 aliphatic heterocycles. The first-order valence-corrected chi connectivity index (χ1v) is 12.2. The molecule has 3 aromatic carbocycles. The van der Waals surface area contributed by atoms with Crippen LogP contribution in [0.5, 0.6) is 5.75 Å². The van der Waals surface area contributed by atoms with Crippen LogP contribution >= 0.6 is 0 Å². The highest BCUT2D eigenvalue weighted by atomic mass is 16.5. The zero-order valence-electron chi connectivity index (χ0n) is 20.3. The number of hydrogen-bond acceptors (Lipinski definition) is 4. The number of nitrogens with one attached hydrogen (secondary N) is 1. The zero-order chi connectivity index (χ0) is 24.5. The molecule has 0 saturated carbocycles. The van der Waals surface area contributed by atoms with E-state index in [4.69, 9.17) is 4.74 Å². The molecular weight excluding hydrogens is 438 g/mol. The summed E-state index contributed by atoms with van der Waals surface area (Å²) in [4.78, 5) is 29.6. The summed E-state index contributed by atoms with van der Waals surface area (Å²) >= 11 is 0. The summed E-state index contributed by atoms with van der Waals surface area (Å²) in [6.07, 6.45) is 2.23.